The minimum atomic E-state index is -1.56. The number of pyridine rings is 2. The minimum absolute atomic E-state index is 0.262. The van der Waals surface area contributed by atoms with Gasteiger partial charge in [0, 0.05) is 29.6 Å². The third-order valence-electron chi connectivity index (χ3n) is 2.10. The van der Waals surface area contributed by atoms with Crippen LogP contribution in [0.3, 0.4) is 0 Å². The Morgan fingerprint density at radius 3 is 2.62 bits per heavy atom. The highest BCUT2D eigenvalue weighted by Crippen LogP contribution is 2.23. The zero-order chi connectivity index (χ0) is 11.5. The van der Waals surface area contributed by atoms with Gasteiger partial charge in [-0.15, -0.1) is 0 Å². The van der Waals surface area contributed by atoms with Gasteiger partial charge in [-0.2, -0.15) is 0 Å². The molecule has 0 saturated carbocycles. The van der Waals surface area contributed by atoms with Gasteiger partial charge in [0.1, 0.15) is 0 Å². The Bertz CT molecular complexity index is 493. The fourth-order valence-corrected chi connectivity index (χ4v) is 1.59. The van der Waals surface area contributed by atoms with Crippen molar-refractivity contribution in [3.63, 3.8) is 0 Å². The lowest BCUT2D eigenvalue weighted by Crippen LogP contribution is -2.30. The molecule has 0 aliphatic rings. The molecule has 0 unspecified atom stereocenters. The first-order valence-corrected chi connectivity index (χ1v) is 4.98. The maximum absolute atomic E-state index is 8.95. The largest absolute Gasteiger partial charge is 0.490 e. The summed E-state index contributed by atoms with van der Waals surface area (Å²) in [5, 5.41) is 18.3. The Kier molecular flexibility index (Phi) is 3.19. The number of halogens is 1. The molecule has 0 fully saturated rings. The molecule has 80 valence electrons. The fourth-order valence-electron chi connectivity index (χ4n) is 1.31. The topological polar surface area (TPSA) is 66.2 Å². The van der Waals surface area contributed by atoms with Crippen molar-refractivity contribution in [3.8, 4) is 11.3 Å². The first-order valence-electron chi connectivity index (χ1n) is 4.60. The van der Waals surface area contributed by atoms with Crippen LogP contribution < -0.4 is 5.46 Å². The summed E-state index contributed by atoms with van der Waals surface area (Å²) in [6.45, 7) is 0. The van der Waals surface area contributed by atoms with Gasteiger partial charge in [0.25, 0.3) is 0 Å². The van der Waals surface area contributed by atoms with Crippen LogP contribution in [0.2, 0.25) is 5.02 Å². The van der Waals surface area contributed by atoms with Crippen molar-refractivity contribution >= 4 is 24.2 Å². The van der Waals surface area contributed by atoms with E-state index in [1.165, 1.54) is 12.3 Å². The third-order valence-corrected chi connectivity index (χ3v) is 2.38. The third kappa shape index (κ3) is 2.22. The summed E-state index contributed by atoms with van der Waals surface area (Å²) >= 11 is 6.00. The van der Waals surface area contributed by atoms with Crippen molar-refractivity contribution in [1.82, 2.24) is 9.97 Å². The summed E-state index contributed by atoms with van der Waals surface area (Å²) in [4.78, 5) is 8.04. The molecule has 2 rings (SSSR count). The highest BCUT2D eigenvalue weighted by atomic mass is 35.5. The molecule has 6 heteroatoms. The first-order chi connectivity index (χ1) is 7.68. The lowest BCUT2D eigenvalue weighted by atomic mass is 9.81. The van der Waals surface area contributed by atoms with E-state index in [1.807, 2.05) is 6.07 Å². The molecule has 0 aliphatic heterocycles. The van der Waals surface area contributed by atoms with E-state index in [0.717, 1.165) is 5.56 Å². The van der Waals surface area contributed by atoms with Crippen molar-refractivity contribution in [2.75, 3.05) is 0 Å². The summed E-state index contributed by atoms with van der Waals surface area (Å²) < 4.78 is 0. The van der Waals surface area contributed by atoms with E-state index in [2.05, 4.69) is 9.97 Å². The Morgan fingerprint density at radius 2 is 2.06 bits per heavy atom. The van der Waals surface area contributed by atoms with Crippen LogP contribution in [0.15, 0.2) is 36.8 Å². The molecule has 0 aromatic carbocycles. The SMILES string of the molecule is OB(O)c1cnc(-c2cccnc2)c(Cl)c1. The summed E-state index contributed by atoms with van der Waals surface area (Å²) in [5.41, 5.74) is 1.61. The normalized spacial score (nSPS) is 10.2. The van der Waals surface area contributed by atoms with Gasteiger partial charge in [0.15, 0.2) is 0 Å². The van der Waals surface area contributed by atoms with Crippen LogP contribution in [0.5, 0.6) is 0 Å². The predicted molar refractivity (Wildman–Crippen MR) is 62.3 cm³/mol. The molecule has 0 radical (unpaired) electrons. The first kappa shape index (κ1) is 11.1. The molecule has 2 aromatic rings. The van der Waals surface area contributed by atoms with Gasteiger partial charge in [-0.05, 0) is 18.2 Å². The molecule has 0 aliphatic carbocycles. The molecule has 0 spiro atoms. The van der Waals surface area contributed by atoms with E-state index in [0.29, 0.717) is 10.7 Å². The molecule has 0 amide bonds. The smallest absolute Gasteiger partial charge is 0.423 e. The Hall–Kier alpha value is -1.43. The van der Waals surface area contributed by atoms with Crippen molar-refractivity contribution < 1.29 is 10.0 Å². The average molecular weight is 234 g/mol. The van der Waals surface area contributed by atoms with Crippen LogP contribution in [-0.4, -0.2) is 27.1 Å². The van der Waals surface area contributed by atoms with Crippen molar-refractivity contribution in [3.05, 3.63) is 41.8 Å². The van der Waals surface area contributed by atoms with E-state index >= 15 is 0 Å². The van der Waals surface area contributed by atoms with Crippen LogP contribution in [0, 0.1) is 0 Å². The summed E-state index contributed by atoms with van der Waals surface area (Å²) in [6.07, 6.45) is 4.67. The Labute approximate surface area is 97.7 Å². The Balaban J connectivity index is 2.45. The molecule has 0 saturated heterocycles. The number of hydrogen-bond acceptors (Lipinski definition) is 4. The fraction of sp³-hybridized carbons (Fsp3) is 0. The van der Waals surface area contributed by atoms with Crippen molar-refractivity contribution in [1.29, 1.82) is 0 Å². The van der Waals surface area contributed by atoms with Crippen LogP contribution in [0.1, 0.15) is 0 Å². The van der Waals surface area contributed by atoms with Crippen LogP contribution in [0.4, 0.5) is 0 Å². The molecule has 0 atom stereocenters. The van der Waals surface area contributed by atoms with Crippen LogP contribution in [-0.2, 0) is 0 Å². The number of aromatic nitrogens is 2. The van der Waals surface area contributed by atoms with E-state index < -0.39 is 7.12 Å². The molecular formula is C10H8BClN2O2. The number of hydrogen-bond donors (Lipinski definition) is 2. The molecule has 2 heterocycles. The van der Waals surface area contributed by atoms with E-state index in [4.69, 9.17) is 21.6 Å². The second kappa shape index (κ2) is 4.61. The molecule has 0 bridgehead atoms. The van der Waals surface area contributed by atoms with Crippen LogP contribution >= 0.6 is 11.6 Å². The van der Waals surface area contributed by atoms with Gasteiger partial charge in [-0.3, -0.25) is 9.97 Å². The zero-order valence-corrected chi connectivity index (χ0v) is 8.96. The van der Waals surface area contributed by atoms with Crippen molar-refractivity contribution in [2.45, 2.75) is 0 Å². The quantitative estimate of drug-likeness (QED) is 0.742. The number of nitrogens with zero attached hydrogens (tertiary/aromatic N) is 2. The predicted octanol–water partition coefficient (Wildman–Crippen LogP) is 0.477. The van der Waals surface area contributed by atoms with Gasteiger partial charge in [-0.25, -0.2) is 0 Å². The molecule has 16 heavy (non-hydrogen) atoms. The lowest BCUT2D eigenvalue weighted by Gasteiger charge is -2.05. The minimum Gasteiger partial charge on any atom is -0.423 e. The Morgan fingerprint density at radius 1 is 1.25 bits per heavy atom. The lowest BCUT2D eigenvalue weighted by molar-refractivity contribution is 0.425. The van der Waals surface area contributed by atoms with Crippen LogP contribution in [0.25, 0.3) is 11.3 Å². The maximum atomic E-state index is 8.95. The van der Waals surface area contributed by atoms with Gasteiger partial charge in [0.05, 0.1) is 10.7 Å². The molecule has 2 N–H and O–H groups in total. The van der Waals surface area contributed by atoms with Gasteiger partial charge >= 0.3 is 7.12 Å². The highest BCUT2D eigenvalue weighted by molar-refractivity contribution is 6.59. The standard InChI is InChI=1S/C10H8BClN2O2/c12-9-4-8(11(15)16)6-14-10(9)7-2-1-3-13-5-7/h1-6,15-16H. The zero-order valence-electron chi connectivity index (χ0n) is 8.21. The monoisotopic (exact) mass is 234 g/mol. The summed E-state index contributed by atoms with van der Waals surface area (Å²) in [6, 6.07) is 5.08. The molecule has 4 nitrogen and oxygen atoms in total. The van der Waals surface area contributed by atoms with Crippen molar-refractivity contribution in [2.24, 2.45) is 0 Å². The average Bonchev–Trinajstić information content (AvgIpc) is 2.30. The highest BCUT2D eigenvalue weighted by Gasteiger charge is 2.14. The molecular weight excluding hydrogens is 226 g/mol. The van der Waals surface area contributed by atoms with Gasteiger partial charge < -0.3 is 10.0 Å². The number of rotatable bonds is 2. The second-order valence-electron chi connectivity index (χ2n) is 3.21. The maximum Gasteiger partial charge on any atom is 0.490 e. The summed E-state index contributed by atoms with van der Waals surface area (Å²) in [5.74, 6) is 0. The van der Waals surface area contributed by atoms with E-state index in [1.54, 1.807) is 18.5 Å². The molecule has 2 aromatic heterocycles. The second-order valence-corrected chi connectivity index (χ2v) is 3.62. The van der Waals surface area contributed by atoms with E-state index in [-0.39, 0.29) is 5.46 Å². The van der Waals surface area contributed by atoms with Gasteiger partial charge in [0.2, 0.25) is 0 Å². The van der Waals surface area contributed by atoms with Gasteiger partial charge in [-0.1, -0.05) is 11.6 Å². The summed E-state index contributed by atoms with van der Waals surface area (Å²) in [7, 11) is -1.56. The van der Waals surface area contributed by atoms with E-state index in [9.17, 15) is 0 Å².